The highest BCUT2D eigenvalue weighted by Gasteiger charge is 2.06. The van der Waals surface area contributed by atoms with Crippen LogP contribution >= 0.6 is 0 Å². The summed E-state index contributed by atoms with van der Waals surface area (Å²) >= 11 is 0. The summed E-state index contributed by atoms with van der Waals surface area (Å²) in [5, 5.41) is 1.23. The molecule has 0 spiro atoms. The summed E-state index contributed by atoms with van der Waals surface area (Å²) in [6.07, 6.45) is 1.84. The molecule has 0 aliphatic rings. The van der Waals surface area contributed by atoms with Crippen molar-refractivity contribution in [2.24, 2.45) is 7.05 Å². The van der Waals surface area contributed by atoms with Crippen molar-refractivity contribution in [3.05, 3.63) is 42.6 Å². The molecule has 0 bridgehead atoms. The molecule has 0 fully saturated rings. The van der Waals surface area contributed by atoms with E-state index in [0.29, 0.717) is 0 Å². The van der Waals surface area contributed by atoms with Crippen LogP contribution in [0.2, 0.25) is 0 Å². The van der Waals surface area contributed by atoms with Gasteiger partial charge in [-0.1, -0.05) is 18.2 Å². The van der Waals surface area contributed by atoms with E-state index in [-0.39, 0.29) is 0 Å². The minimum Gasteiger partial charge on any atom is -0.342 e. The molecule has 1 aromatic carbocycles. The summed E-state index contributed by atoms with van der Waals surface area (Å²) in [4.78, 5) is 4.41. The minimum atomic E-state index is 1.09. The number of nitrogens with zero attached hydrogens (tertiary/aromatic N) is 2. The molecule has 2 heterocycles. The van der Waals surface area contributed by atoms with Crippen molar-refractivity contribution >= 4 is 21.9 Å². The first-order chi connectivity index (χ1) is 6.88. The van der Waals surface area contributed by atoms with Gasteiger partial charge >= 0.3 is 0 Å². The first kappa shape index (κ1) is 7.56. The summed E-state index contributed by atoms with van der Waals surface area (Å²) < 4.78 is 2.18. The van der Waals surface area contributed by atoms with Gasteiger partial charge in [0.25, 0.3) is 0 Å². The Morgan fingerprint density at radius 1 is 1.00 bits per heavy atom. The Balaban J connectivity index is 2.69. The van der Waals surface area contributed by atoms with Crippen LogP contribution in [0, 0.1) is 0 Å². The lowest BCUT2D eigenvalue weighted by Crippen LogP contribution is -1.85. The maximum atomic E-state index is 4.41. The van der Waals surface area contributed by atoms with E-state index in [9.17, 15) is 0 Å². The molecule has 0 aliphatic carbocycles. The maximum Gasteiger partial charge on any atom is 0.0959 e. The molecule has 0 saturated carbocycles. The van der Waals surface area contributed by atoms with Crippen LogP contribution in [0.4, 0.5) is 0 Å². The number of fused-ring (bicyclic) bond motifs is 3. The smallest absolute Gasteiger partial charge is 0.0959 e. The second-order valence-corrected chi connectivity index (χ2v) is 3.45. The lowest BCUT2D eigenvalue weighted by atomic mass is 10.2. The normalized spacial score (nSPS) is 11.2. The minimum absolute atomic E-state index is 1.09. The molecular formula is C12H10N2. The molecule has 0 saturated heterocycles. The van der Waals surface area contributed by atoms with E-state index >= 15 is 0 Å². The summed E-state index contributed by atoms with van der Waals surface area (Å²) in [5.74, 6) is 0. The van der Waals surface area contributed by atoms with Gasteiger partial charge in [-0.15, -0.1) is 0 Å². The van der Waals surface area contributed by atoms with Crippen LogP contribution < -0.4 is 0 Å². The van der Waals surface area contributed by atoms with E-state index in [4.69, 9.17) is 0 Å². The maximum absolute atomic E-state index is 4.41. The Bertz CT molecular complexity index is 555. The number of benzene rings is 1. The lowest BCUT2D eigenvalue weighted by Gasteiger charge is -1.95. The molecule has 2 heteroatoms. The van der Waals surface area contributed by atoms with Gasteiger partial charge in [0.2, 0.25) is 0 Å². The molecule has 3 aromatic rings. The van der Waals surface area contributed by atoms with Crippen LogP contribution in [-0.2, 0) is 7.05 Å². The van der Waals surface area contributed by atoms with E-state index < -0.39 is 0 Å². The molecule has 0 radical (unpaired) electrons. The quantitative estimate of drug-likeness (QED) is 0.522. The third kappa shape index (κ3) is 0.826. The van der Waals surface area contributed by atoms with Gasteiger partial charge in [0.15, 0.2) is 0 Å². The zero-order valence-corrected chi connectivity index (χ0v) is 7.94. The van der Waals surface area contributed by atoms with Crippen molar-refractivity contribution in [3.8, 4) is 0 Å². The van der Waals surface area contributed by atoms with Gasteiger partial charge in [-0.05, 0) is 18.2 Å². The van der Waals surface area contributed by atoms with Gasteiger partial charge < -0.3 is 4.57 Å². The van der Waals surface area contributed by atoms with E-state index in [2.05, 4.69) is 46.9 Å². The zero-order chi connectivity index (χ0) is 9.54. The summed E-state index contributed by atoms with van der Waals surface area (Å²) in [5.41, 5.74) is 3.51. The first-order valence-corrected chi connectivity index (χ1v) is 4.66. The highest BCUT2D eigenvalue weighted by molar-refractivity contribution is 6.05. The van der Waals surface area contributed by atoms with Crippen molar-refractivity contribution in [1.29, 1.82) is 0 Å². The van der Waals surface area contributed by atoms with E-state index in [1.54, 1.807) is 0 Å². The molecule has 2 aromatic heterocycles. The number of rotatable bonds is 0. The molecule has 2 nitrogen and oxygen atoms in total. The summed E-state index contributed by atoms with van der Waals surface area (Å²) in [7, 11) is 2.08. The van der Waals surface area contributed by atoms with Crippen LogP contribution in [0.25, 0.3) is 21.9 Å². The van der Waals surface area contributed by atoms with Crippen LogP contribution in [0.1, 0.15) is 0 Å². The molecule has 0 N–H and O–H groups in total. The van der Waals surface area contributed by atoms with Gasteiger partial charge in [0.05, 0.1) is 16.6 Å². The fourth-order valence-electron chi connectivity index (χ4n) is 1.97. The Hall–Kier alpha value is -1.83. The molecular weight excluding hydrogens is 172 g/mol. The number of hydrogen-bond acceptors (Lipinski definition) is 1. The Morgan fingerprint density at radius 3 is 2.71 bits per heavy atom. The predicted molar refractivity (Wildman–Crippen MR) is 58.2 cm³/mol. The standard InChI is InChI=1S/C12H10N2/c1-14-10-6-3-2-5-9(10)12-11(14)7-4-8-13-12/h2-8H,1H3. The number of para-hydroxylation sites is 1. The van der Waals surface area contributed by atoms with Gasteiger partial charge in [-0.25, -0.2) is 0 Å². The van der Waals surface area contributed by atoms with Crippen LogP contribution in [0.3, 0.4) is 0 Å². The largest absolute Gasteiger partial charge is 0.342 e. The van der Waals surface area contributed by atoms with E-state index in [1.165, 1.54) is 16.4 Å². The zero-order valence-electron chi connectivity index (χ0n) is 7.94. The molecule has 0 unspecified atom stereocenters. The Morgan fingerprint density at radius 2 is 1.79 bits per heavy atom. The molecule has 68 valence electrons. The van der Waals surface area contributed by atoms with Crippen molar-refractivity contribution in [3.63, 3.8) is 0 Å². The second-order valence-electron chi connectivity index (χ2n) is 3.45. The summed E-state index contributed by atoms with van der Waals surface area (Å²) in [6, 6.07) is 12.4. The van der Waals surface area contributed by atoms with E-state index in [1.807, 2.05) is 12.3 Å². The van der Waals surface area contributed by atoms with Gasteiger partial charge in [0.1, 0.15) is 0 Å². The van der Waals surface area contributed by atoms with Crippen molar-refractivity contribution in [2.45, 2.75) is 0 Å². The molecule has 0 atom stereocenters. The fourth-order valence-corrected chi connectivity index (χ4v) is 1.97. The third-order valence-electron chi connectivity index (χ3n) is 2.67. The monoisotopic (exact) mass is 182 g/mol. The Kier molecular flexibility index (Phi) is 1.39. The number of aromatic nitrogens is 2. The molecule has 14 heavy (non-hydrogen) atoms. The average molecular weight is 182 g/mol. The van der Waals surface area contributed by atoms with E-state index in [0.717, 1.165) is 5.52 Å². The van der Waals surface area contributed by atoms with Crippen molar-refractivity contribution in [2.75, 3.05) is 0 Å². The number of pyridine rings is 1. The predicted octanol–water partition coefficient (Wildman–Crippen LogP) is 2.73. The highest BCUT2D eigenvalue weighted by atomic mass is 15.0. The molecule has 0 amide bonds. The summed E-state index contributed by atoms with van der Waals surface area (Å²) in [6.45, 7) is 0. The van der Waals surface area contributed by atoms with Crippen molar-refractivity contribution < 1.29 is 0 Å². The first-order valence-electron chi connectivity index (χ1n) is 4.66. The highest BCUT2D eigenvalue weighted by Crippen LogP contribution is 2.25. The van der Waals surface area contributed by atoms with Crippen LogP contribution in [-0.4, -0.2) is 9.55 Å². The molecule has 3 rings (SSSR count). The topological polar surface area (TPSA) is 17.8 Å². The molecule has 0 aliphatic heterocycles. The van der Waals surface area contributed by atoms with Gasteiger partial charge in [-0.3, -0.25) is 4.98 Å². The van der Waals surface area contributed by atoms with Crippen molar-refractivity contribution in [1.82, 2.24) is 9.55 Å². The van der Waals surface area contributed by atoms with Crippen LogP contribution in [0.5, 0.6) is 0 Å². The third-order valence-corrected chi connectivity index (χ3v) is 2.67. The average Bonchev–Trinajstić information content (AvgIpc) is 2.55. The number of aryl methyl sites for hydroxylation is 1. The van der Waals surface area contributed by atoms with Gasteiger partial charge in [0, 0.05) is 18.6 Å². The van der Waals surface area contributed by atoms with Crippen LogP contribution in [0.15, 0.2) is 42.6 Å². The number of hydrogen-bond donors (Lipinski definition) is 0. The second kappa shape index (κ2) is 2.58. The lowest BCUT2D eigenvalue weighted by molar-refractivity contribution is 1.01. The van der Waals surface area contributed by atoms with Gasteiger partial charge in [-0.2, -0.15) is 0 Å². The Labute approximate surface area is 81.8 Å². The SMILES string of the molecule is Cn1c2ccccc2c2ncccc21. The fraction of sp³-hybridized carbons (Fsp3) is 0.0833.